The highest BCUT2D eigenvalue weighted by molar-refractivity contribution is 6.36. The first-order valence-corrected chi connectivity index (χ1v) is 3.73. The molecule has 0 saturated heterocycles. The molecule has 0 aromatic heterocycles. The lowest BCUT2D eigenvalue weighted by Crippen LogP contribution is -2.20. The van der Waals surface area contributed by atoms with Crippen LogP contribution in [-0.4, -0.2) is 17.4 Å². The van der Waals surface area contributed by atoms with E-state index < -0.39 is 7.32 Å². The molecule has 0 aliphatic carbocycles. The molecule has 0 radical (unpaired) electrons. The number of hydrogen-bond donors (Lipinski definition) is 2. The van der Waals surface area contributed by atoms with E-state index in [9.17, 15) is 0 Å². The van der Waals surface area contributed by atoms with E-state index in [1.54, 1.807) is 0 Å². The molecule has 0 aliphatic rings. The lowest BCUT2D eigenvalue weighted by Gasteiger charge is -2.06. The standard InChI is InChI=1S/C7H5BClNO3/c9-6-2-1-5(4-10)3-7(6)13-8(11)12/h1-3,11-12H. The smallest absolute Gasteiger partial charge is 0.511 e. The third-order valence-corrected chi connectivity index (χ3v) is 1.60. The Morgan fingerprint density at radius 1 is 1.46 bits per heavy atom. The third-order valence-electron chi connectivity index (χ3n) is 1.29. The summed E-state index contributed by atoms with van der Waals surface area (Å²) in [6, 6.07) is 6.13. The summed E-state index contributed by atoms with van der Waals surface area (Å²) in [6.45, 7) is 0. The molecule has 1 aromatic rings. The van der Waals surface area contributed by atoms with E-state index in [0.29, 0.717) is 5.56 Å². The Morgan fingerprint density at radius 3 is 2.69 bits per heavy atom. The van der Waals surface area contributed by atoms with Crippen LogP contribution in [0.2, 0.25) is 5.02 Å². The van der Waals surface area contributed by atoms with Gasteiger partial charge in [0, 0.05) is 0 Å². The predicted octanol–water partition coefficient (Wildman–Crippen LogP) is 0.560. The van der Waals surface area contributed by atoms with Crippen LogP contribution in [0.25, 0.3) is 0 Å². The van der Waals surface area contributed by atoms with Crippen molar-refractivity contribution in [2.75, 3.05) is 0 Å². The number of benzene rings is 1. The number of hydrogen-bond acceptors (Lipinski definition) is 4. The minimum Gasteiger partial charge on any atom is -0.511 e. The van der Waals surface area contributed by atoms with Crippen LogP contribution in [-0.2, 0) is 0 Å². The summed E-state index contributed by atoms with van der Waals surface area (Å²) in [7, 11) is -1.94. The van der Waals surface area contributed by atoms with Gasteiger partial charge in [-0.05, 0) is 18.2 Å². The van der Waals surface area contributed by atoms with Crippen molar-refractivity contribution in [1.29, 1.82) is 5.26 Å². The van der Waals surface area contributed by atoms with Crippen LogP contribution in [0.1, 0.15) is 5.56 Å². The molecule has 0 atom stereocenters. The zero-order valence-electron chi connectivity index (χ0n) is 6.44. The van der Waals surface area contributed by atoms with Gasteiger partial charge in [0.25, 0.3) is 0 Å². The molecule has 4 nitrogen and oxygen atoms in total. The molecule has 1 aromatic carbocycles. The predicted molar refractivity (Wildman–Crippen MR) is 47.0 cm³/mol. The van der Waals surface area contributed by atoms with Gasteiger partial charge in [0.1, 0.15) is 5.75 Å². The number of nitriles is 1. The third kappa shape index (κ3) is 2.63. The molecule has 0 saturated carbocycles. The maximum absolute atomic E-state index is 8.51. The van der Waals surface area contributed by atoms with Crippen LogP contribution >= 0.6 is 11.6 Å². The largest absolute Gasteiger partial charge is 0.707 e. The van der Waals surface area contributed by atoms with Gasteiger partial charge in [-0.25, -0.2) is 0 Å². The van der Waals surface area contributed by atoms with Crippen molar-refractivity contribution in [2.24, 2.45) is 0 Å². The Balaban J connectivity index is 2.99. The van der Waals surface area contributed by atoms with E-state index in [-0.39, 0.29) is 10.8 Å². The van der Waals surface area contributed by atoms with Gasteiger partial charge in [-0.15, -0.1) is 0 Å². The summed E-state index contributed by atoms with van der Waals surface area (Å²) in [4.78, 5) is 0. The van der Waals surface area contributed by atoms with Gasteiger partial charge in [-0.1, -0.05) is 11.6 Å². The molecule has 0 unspecified atom stereocenters. The molecule has 2 N–H and O–H groups in total. The first-order valence-electron chi connectivity index (χ1n) is 3.36. The normalized spacial score (nSPS) is 9.08. The molecule has 0 spiro atoms. The van der Waals surface area contributed by atoms with Gasteiger partial charge < -0.3 is 14.7 Å². The van der Waals surface area contributed by atoms with Crippen LogP contribution in [0, 0.1) is 11.3 Å². The van der Waals surface area contributed by atoms with Gasteiger partial charge >= 0.3 is 7.32 Å². The molecule has 0 fully saturated rings. The molecular formula is C7H5BClNO3. The summed E-state index contributed by atoms with van der Waals surface area (Å²) < 4.78 is 4.52. The van der Waals surface area contributed by atoms with E-state index in [4.69, 9.17) is 26.9 Å². The highest BCUT2D eigenvalue weighted by Gasteiger charge is 2.13. The second kappa shape index (κ2) is 4.14. The van der Waals surface area contributed by atoms with Crippen LogP contribution in [0.4, 0.5) is 0 Å². The van der Waals surface area contributed by atoms with E-state index >= 15 is 0 Å². The minimum atomic E-state index is -1.94. The van der Waals surface area contributed by atoms with Crippen molar-refractivity contribution in [3.05, 3.63) is 28.8 Å². The molecule has 0 amide bonds. The first kappa shape index (κ1) is 9.87. The summed E-state index contributed by atoms with van der Waals surface area (Å²) in [5, 5.41) is 25.7. The second-order valence-electron chi connectivity index (χ2n) is 2.20. The van der Waals surface area contributed by atoms with Gasteiger partial charge in [0.05, 0.1) is 16.7 Å². The van der Waals surface area contributed by atoms with Crippen LogP contribution < -0.4 is 4.65 Å². The summed E-state index contributed by atoms with van der Waals surface area (Å²) in [5.74, 6) is 0.0655. The monoisotopic (exact) mass is 197 g/mol. The van der Waals surface area contributed by atoms with Crippen molar-refractivity contribution >= 4 is 18.9 Å². The molecule has 0 aliphatic heterocycles. The quantitative estimate of drug-likeness (QED) is 0.680. The van der Waals surface area contributed by atoms with E-state index in [0.717, 1.165) is 0 Å². The van der Waals surface area contributed by atoms with Crippen molar-refractivity contribution in [3.63, 3.8) is 0 Å². The molecule has 13 heavy (non-hydrogen) atoms. The maximum atomic E-state index is 8.51. The fourth-order valence-electron chi connectivity index (χ4n) is 0.777. The molecule has 0 heterocycles. The average molecular weight is 197 g/mol. The van der Waals surface area contributed by atoms with Crippen LogP contribution in [0.5, 0.6) is 5.75 Å². The first-order chi connectivity index (χ1) is 6.13. The lowest BCUT2D eigenvalue weighted by molar-refractivity contribution is 0.288. The van der Waals surface area contributed by atoms with E-state index in [1.807, 2.05) is 6.07 Å². The van der Waals surface area contributed by atoms with Crippen molar-refractivity contribution < 1.29 is 14.7 Å². The summed E-state index contributed by atoms with van der Waals surface area (Å²) in [5.41, 5.74) is 0.333. The molecule has 0 bridgehead atoms. The minimum absolute atomic E-state index is 0.0655. The van der Waals surface area contributed by atoms with Gasteiger partial charge in [0.2, 0.25) is 0 Å². The summed E-state index contributed by atoms with van der Waals surface area (Å²) >= 11 is 5.64. The van der Waals surface area contributed by atoms with Gasteiger partial charge in [-0.3, -0.25) is 0 Å². The number of nitrogens with zero attached hydrogens (tertiary/aromatic N) is 1. The zero-order valence-corrected chi connectivity index (χ0v) is 7.19. The van der Waals surface area contributed by atoms with Crippen LogP contribution in [0.3, 0.4) is 0 Å². The Hall–Kier alpha value is -1.22. The summed E-state index contributed by atoms with van der Waals surface area (Å²) in [6.07, 6.45) is 0. The zero-order chi connectivity index (χ0) is 9.84. The molecule has 1 rings (SSSR count). The van der Waals surface area contributed by atoms with Gasteiger partial charge in [-0.2, -0.15) is 5.26 Å². The second-order valence-corrected chi connectivity index (χ2v) is 2.61. The molecule has 66 valence electrons. The Bertz CT molecular complexity index is 350. The number of halogens is 1. The van der Waals surface area contributed by atoms with Crippen molar-refractivity contribution in [1.82, 2.24) is 0 Å². The highest BCUT2D eigenvalue weighted by atomic mass is 35.5. The van der Waals surface area contributed by atoms with Crippen molar-refractivity contribution in [2.45, 2.75) is 0 Å². The molecule has 6 heteroatoms. The molecular weight excluding hydrogens is 192 g/mol. The average Bonchev–Trinajstić information content (AvgIpc) is 2.08. The van der Waals surface area contributed by atoms with Crippen LogP contribution in [0.15, 0.2) is 18.2 Å². The fourth-order valence-corrected chi connectivity index (χ4v) is 0.939. The lowest BCUT2D eigenvalue weighted by atomic mass is 10.2. The highest BCUT2D eigenvalue weighted by Crippen LogP contribution is 2.25. The Morgan fingerprint density at radius 2 is 2.15 bits per heavy atom. The Kier molecular flexibility index (Phi) is 3.15. The topological polar surface area (TPSA) is 73.5 Å². The van der Waals surface area contributed by atoms with E-state index in [2.05, 4.69) is 4.65 Å². The van der Waals surface area contributed by atoms with Crippen molar-refractivity contribution in [3.8, 4) is 11.8 Å². The van der Waals surface area contributed by atoms with E-state index in [1.165, 1.54) is 18.2 Å². The Labute approximate surface area is 80.1 Å². The maximum Gasteiger partial charge on any atom is 0.707 e. The number of rotatable bonds is 2. The SMILES string of the molecule is N#Cc1ccc(Cl)c(OB(O)O)c1. The fraction of sp³-hybridized carbons (Fsp3) is 0. The van der Waals surface area contributed by atoms with Gasteiger partial charge in [0.15, 0.2) is 0 Å².